The molecule has 3 nitrogen and oxygen atoms in total. The number of anilines is 1. The number of nitrogens with zero attached hydrogens (tertiary/aromatic N) is 1. The van der Waals surface area contributed by atoms with Crippen LogP contribution in [0, 0.1) is 0 Å². The summed E-state index contributed by atoms with van der Waals surface area (Å²) >= 11 is 0. The zero-order valence-corrected chi connectivity index (χ0v) is 9.69. The second-order valence-corrected chi connectivity index (χ2v) is 4.56. The smallest absolute Gasteiger partial charge is 0.0633 e. The molecule has 0 unspecified atom stereocenters. The first-order valence-corrected chi connectivity index (χ1v) is 6.00. The van der Waals surface area contributed by atoms with E-state index in [1.54, 1.807) is 6.20 Å². The third-order valence-corrected chi connectivity index (χ3v) is 3.29. The van der Waals surface area contributed by atoms with Crippen molar-refractivity contribution in [1.29, 1.82) is 0 Å². The van der Waals surface area contributed by atoms with Crippen LogP contribution in [-0.4, -0.2) is 23.4 Å². The molecule has 1 aromatic carbocycles. The van der Waals surface area contributed by atoms with Gasteiger partial charge in [0.2, 0.25) is 0 Å². The first-order valence-electron chi connectivity index (χ1n) is 6.00. The summed E-state index contributed by atoms with van der Waals surface area (Å²) in [4.78, 5) is 0. The molecule has 0 spiro atoms. The molecule has 0 saturated heterocycles. The molecule has 2 aliphatic rings. The van der Waals surface area contributed by atoms with Gasteiger partial charge in [-0.3, -0.25) is 10.3 Å². The molecule has 0 radical (unpaired) electrons. The Morgan fingerprint density at radius 1 is 1.35 bits per heavy atom. The van der Waals surface area contributed by atoms with Crippen LogP contribution < -0.4 is 5.32 Å². The second kappa shape index (κ2) is 4.26. The average molecular weight is 228 g/mol. The molecule has 3 rings (SSSR count). The maximum absolute atomic E-state index is 9.21. The third-order valence-electron chi connectivity index (χ3n) is 3.29. The maximum atomic E-state index is 9.21. The van der Waals surface area contributed by atoms with Crippen molar-refractivity contribution < 1.29 is 5.21 Å². The lowest BCUT2D eigenvalue weighted by atomic mass is 10.0. The van der Waals surface area contributed by atoms with Crippen LogP contribution in [0.25, 0.3) is 0 Å². The monoisotopic (exact) mass is 228 g/mol. The lowest BCUT2D eigenvalue weighted by molar-refractivity contribution is -0.0306. The van der Waals surface area contributed by atoms with E-state index in [0.717, 1.165) is 19.4 Å². The summed E-state index contributed by atoms with van der Waals surface area (Å²) in [5, 5.41) is 13.8. The molecule has 2 aliphatic heterocycles. The van der Waals surface area contributed by atoms with Crippen molar-refractivity contribution in [2.45, 2.75) is 12.8 Å². The van der Waals surface area contributed by atoms with E-state index < -0.39 is 0 Å². The van der Waals surface area contributed by atoms with Crippen molar-refractivity contribution in [1.82, 2.24) is 5.06 Å². The summed E-state index contributed by atoms with van der Waals surface area (Å²) in [5.74, 6) is 0. The van der Waals surface area contributed by atoms with Crippen molar-refractivity contribution in [2.75, 3.05) is 18.4 Å². The Morgan fingerprint density at radius 3 is 3.12 bits per heavy atom. The molecule has 0 aliphatic carbocycles. The lowest BCUT2D eigenvalue weighted by Crippen LogP contribution is -2.14. The Hall–Kier alpha value is -1.74. The standard InChI is InChI=1S/C14H16N2O/c17-16-7-4-11(5-8-16)9-12-1-2-13-3-6-15-14(13)10-12/h1-2,4-5,7,10,15,17H,3,6,8-9H2. The molecule has 17 heavy (non-hydrogen) atoms. The van der Waals surface area contributed by atoms with E-state index in [9.17, 15) is 5.21 Å². The predicted molar refractivity (Wildman–Crippen MR) is 68.1 cm³/mol. The van der Waals surface area contributed by atoms with E-state index in [0.29, 0.717) is 6.54 Å². The van der Waals surface area contributed by atoms with E-state index in [1.165, 1.54) is 27.5 Å². The third kappa shape index (κ3) is 2.19. The highest BCUT2D eigenvalue weighted by Gasteiger charge is 2.10. The van der Waals surface area contributed by atoms with Crippen molar-refractivity contribution >= 4 is 5.69 Å². The number of rotatable bonds is 2. The molecule has 0 amide bonds. The van der Waals surface area contributed by atoms with Crippen molar-refractivity contribution in [2.24, 2.45) is 0 Å². The van der Waals surface area contributed by atoms with E-state index in [-0.39, 0.29) is 0 Å². The first-order chi connectivity index (χ1) is 8.31. The number of benzene rings is 1. The summed E-state index contributed by atoms with van der Waals surface area (Å²) in [6.45, 7) is 1.63. The van der Waals surface area contributed by atoms with Gasteiger partial charge in [0.25, 0.3) is 0 Å². The average Bonchev–Trinajstić information content (AvgIpc) is 2.79. The van der Waals surface area contributed by atoms with Crippen LogP contribution >= 0.6 is 0 Å². The summed E-state index contributed by atoms with van der Waals surface area (Å²) in [6, 6.07) is 6.66. The zero-order chi connectivity index (χ0) is 11.7. The number of hydrogen-bond acceptors (Lipinski definition) is 3. The van der Waals surface area contributed by atoms with Gasteiger partial charge in [-0.1, -0.05) is 18.2 Å². The zero-order valence-electron chi connectivity index (χ0n) is 9.69. The molecule has 0 fully saturated rings. The number of fused-ring (bicyclic) bond motifs is 1. The number of allylic oxidation sites excluding steroid dienone is 2. The van der Waals surface area contributed by atoms with Gasteiger partial charge in [-0.25, -0.2) is 0 Å². The molecule has 2 heterocycles. The fraction of sp³-hybridized carbons (Fsp3) is 0.286. The molecule has 0 aromatic heterocycles. The van der Waals surface area contributed by atoms with Crippen LogP contribution in [0.15, 0.2) is 42.1 Å². The van der Waals surface area contributed by atoms with Gasteiger partial charge in [-0.15, -0.1) is 0 Å². The van der Waals surface area contributed by atoms with Crippen LogP contribution in [0.3, 0.4) is 0 Å². The van der Waals surface area contributed by atoms with E-state index in [4.69, 9.17) is 0 Å². The minimum absolute atomic E-state index is 0.578. The maximum Gasteiger partial charge on any atom is 0.0633 e. The quantitative estimate of drug-likeness (QED) is 0.815. The van der Waals surface area contributed by atoms with Crippen LogP contribution in [0.5, 0.6) is 0 Å². The van der Waals surface area contributed by atoms with Crippen LogP contribution in [0.4, 0.5) is 5.69 Å². The van der Waals surface area contributed by atoms with Gasteiger partial charge in [0.05, 0.1) is 6.54 Å². The molecule has 88 valence electrons. The van der Waals surface area contributed by atoms with Crippen molar-refractivity contribution in [3.8, 4) is 0 Å². The summed E-state index contributed by atoms with van der Waals surface area (Å²) in [7, 11) is 0. The predicted octanol–water partition coefficient (Wildman–Crippen LogP) is 2.34. The van der Waals surface area contributed by atoms with E-state index in [1.807, 2.05) is 6.08 Å². The Balaban J connectivity index is 1.76. The largest absolute Gasteiger partial charge is 0.384 e. The van der Waals surface area contributed by atoms with Crippen molar-refractivity contribution in [3.63, 3.8) is 0 Å². The van der Waals surface area contributed by atoms with Crippen LogP contribution in [0.2, 0.25) is 0 Å². The Bertz CT molecular complexity index is 491. The highest BCUT2D eigenvalue weighted by molar-refractivity contribution is 5.57. The number of hydroxylamine groups is 2. The highest BCUT2D eigenvalue weighted by Crippen LogP contribution is 2.24. The van der Waals surface area contributed by atoms with Gasteiger partial charge in [-0.2, -0.15) is 0 Å². The van der Waals surface area contributed by atoms with E-state index in [2.05, 4.69) is 29.6 Å². The van der Waals surface area contributed by atoms with Crippen LogP contribution in [0.1, 0.15) is 11.1 Å². The SMILES string of the molecule is ON1C=CC(Cc2ccc3c(c2)NCC3)=CC1. The molecule has 0 bridgehead atoms. The second-order valence-electron chi connectivity index (χ2n) is 4.56. The van der Waals surface area contributed by atoms with Gasteiger partial charge < -0.3 is 5.32 Å². The first kappa shape index (κ1) is 10.4. The molecular formula is C14H16N2O. The Labute approximate surface area is 101 Å². The molecule has 0 saturated carbocycles. The molecule has 2 N–H and O–H groups in total. The molecule has 3 heteroatoms. The minimum Gasteiger partial charge on any atom is -0.384 e. The molecule has 1 aromatic rings. The summed E-state index contributed by atoms with van der Waals surface area (Å²) in [6.07, 6.45) is 7.79. The summed E-state index contributed by atoms with van der Waals surface area (Å²) in [5.41, 5.74) is 5.28. The topological polar surface area (TPSA) is 35.5 Å². The lowest BCUT2D eigenvalue weighted by Gasteiger charge is -2.15. The van der Waals surface area contributed by atoms with Gasteiger partial charge in [-0.05, 0) is 41.7 Å². The molecule has 0 atom stereocenters. The fourth-order valence-electron chi connectivity index (χ4n) is 2.34. The van der Waals surface area contributed by atoms with Gasteiger partial charge in [0.1, 0.15) is 0 Å². The minimum atomic E-state index is 0.578. The van der Waals surface area contributed by atoms with Crippen molar-refractivity contribution in [3.05, 3.63) is 53.3 Å². The van der Waals surface area contributed by atoms with Crippen LogP contribution in [-0.2, 0) is 12.8 Å². The van der Waals surface area contributed by atoms with Gasteiger partial charge in [0.15, 0.2) is 0 Å². The fourth-order valence-corrected chi connectivity index (χ4v) is 2.34. The summed E-state index contributed by atoms with van der Waals surface area (Å²) < 4.78 is 0. The number of hydrogen-bond donors (Lipinski definition) is 2. The van der Waals surface area contributed by atoms with E-state index >= 15 is 0 Å². The van der Waals surface area contributed by atoms with Gasteiger partial charge >= 0.3 is 0 Å². The number of nitrogens with one attached hydrogen (secondary N) is 1. The highest BCUT2D eigenvalue weighted by atomic mass is 16.5. The Morgan fingerprint density at radius 2 is 2.29 bits per heavy atom. The normalized spacial score (nSPS) is 17.7. The Kier molecular flexibility index (Phi) is 2.61. The molecular weight excluding hydrogens is 212 g/mol. The van der Waals surface area contributed by atoms with Gasteiger partial charge in [0, 0.05) is 18.4 Å².